The van der Waals surface area contributed by atoms with Gasteiger partial charge in [0.05, 0.1) is 30.3 Å². The molecule has 0 saturated carbocycles. The van der Waals surface area contributed by atoms with Crippen molar-refractivity contribution in [3.8, 4) is 17.1 Å². The number of aryl methyl sites for hydroxylation is 1. The number of carbonyl (C=O) groups is 1. The lowest BCUT2D eigenvalue weighted by Crippen LogP contribution is -2.28. The fourth-order valence-corrected chi connectivity index (χ4v) is 4.65. The summed E-state index contributed by atoms with van der Waals surface area (Å²) >= 11 is 0. The van der Waals surface area contributed by atoms with Gasteiger partial charge in [-0.25, -0.2) is 23.4 Å². The first-order chi connectivity index (χ1) is 16.0. The molecule has 1 amide bonds. The van der Waals surface area contributed by atoms with Gasteiger partial charge in [0.15, 0.2) is 9.84 Å². The van der Waals surface area contributed by atoms with E-state index in [9.17, 15) is 13.2 Å². The van der Waals surface area contributed by atoms with Gasteiger partial charge in [0.1, 0.15) is 33.5 Å². The number of pyridine rings is 1. The van der Waals surface area contributed by atoms with Crippen LogP contribution < -0.4 is 10.1 Å². The van der Waals surface area contributed by atoms with Gasteiger partial charge in [0.25, 0.3) is 5.91 Å². The third-order valence-corrected chi connectivity index (χ3v) is 7.79. The van der Waals surface area contributed by atoms with Gasteiger partial charge in [-0.1, -0.05) is 0 Å². The molecule has 0 spiro atoms. The van der Waals surface area contributed by atoms with Crippen LogP contribution in [0.4, 0.5) is 0 Å². The lowest BCUT2D eigenvalue weighted by Gasteiger charge is -2.21. The predicted octanol–water partition coefficient (Wildman–Crippen LogP) is 2.04. The minimum Gasteiger partial charge on any atom is -0.495 e. The molecule has 0 radical (unpaired) electrons. The summed E-state index contributed by atoms with van der Waals surface area (Å²) in [5, 5.41) is 7.22. The van der Waals surface area contributed by atoms with Gasteiger partial charge in [-0.15, -0.1) is 0 Å². The van der Waals surface area contributed by atoms with E-state index < -0.39 is 14.6 Å². The first-order valence-corrected chi connectivity index (χ1v) is 11.9. The SMILES string of the molecule is COc1cc2ncc(-c3cc(C(=O)NCc4ncccn4)n(C)n3)n2cc1S(=O)(=O)C(C)(C)C. The number of rotatable bonds is 6. The van der Waals surface area contributed by atoms with E-state index in [1.807, 2.05) is 0 Å². The summed E-state index contributed by atoms with van der Waals surface area (Å²) in [4.78, 5) is 25.3. The fraction of sp³-hybridized carbons (Fsp3) is 0.318. The van der Waals surface area contributed by atoms with Crippen LogP contribution in [0.1, 0.15) is 37.1 Å². The van der Waals surface area contributed by atoms with Crippen molar-refractivity contribution in [2.24, 2.45) is 7.05 Å². The van der Waals surface area contributed by atoms with Crippen molar-refractivity contribution in [2.45, 2.75) is 37.0 Å². The summed E-state index contributed by atoms with van der Waals surface area (Å²) in [5.41, 5.74) is 1.79. The summed E-state index contributed by atoms with van der Waals surface area (Å²) < 4.78 is 33.8. The molecule has 0 aromatic carbocycles. The molecule has 0 aliphatic carbocycles. The molecule has 178 valence electrons. The van der Waals surface area contributed by atoms with Crippen molar-refractivity contribution in [3.63, 3.8) is 0 Å². The van der Waals surface area contributed by atoms with Gasteiger partial charge in [-0.3, -0.25) is 13.9 Å². The monoisotopic (exact) mass is 483 g/mol. The van der Waals surface area contributed by atoms with Crippen LogP contribution in [-0.4, -0.2) is 55.3 Å². The Bertz CT molecular complexity index is 1470. The minimum atomic E-state index is -3.71. The number of ether oxygens (including phenoxy) is 1. The number of amides is 1. The molecular formula is C22H25N7O4S. The summed E-state index contributed by atoms with van der Waals surface area (Å²) in [6.07, 6.45) is 6.26. The number of aromatic nitrogens is 6. The van der Waals surface area contributed by atoms with Gasteiger partial charge in [-0.2, -0.15) is 5.10 Å². The topological polar surface area (TPSA) is 133 Å². The van der Waals surface area contributed by atoms with E-state index in [1.165, 1.54) is 18.0 Å². The summed E-state index contributed by atoms with van der Waals surface area (Å²) in [5.74, 6) is 0.352. The van der Waals surface area contributed by atoms with E-state index >= 15 is 0 Å². The van der Waals surface area contributed by atoms with Crippen molar-refractivity contribution in [2.75, 3.05) is 7.11 Å². The van der Waals surface area contributed by atoms with Crippen LogP contribution in [0.2, 0.25) is 0 Å². The third-order valence-electron chi connectivity index (χ3n) is 5.29. The maximum absolute atomic E-state index is 13.2. The second-order valence-corrected chi connectivity index (χ2v) is 11.3. The van der Waals surface area contributed by atoms with Crippen molar-refractivity contribution >= 4 is 21.4 Å². The Kier molecular flexibility index (Phi) is 5.86. The minimum absolute atomic E-state index is 0.0472. The van der Waals surface area contributed by atoms with E-state index in [-0.39, 0.29) is 23.1 Å². The average molecular weight is 484 g/mol. The summed E-state index contributed by atoms with van der Waals surface area (Å²) in [7, 11) is -0.643. The van der Waals surface area contributed by atoms with E-state index in [1.54, 1.807) is 69.0 Å². The molecule has 0 fully saturated rings. The van der Waals surface area contributed by atoms with Gasteiger partial charge in [0.2, 0.25) is 0 Å². The molecule has 4 heterocycles. The predicted molar refractivity (Wildman–Crippen MR) is 124 cm³/mol. The number of sulfone groups is 1. The highest BCUT2D eigenvalue weighted by molar-refractivity contribution is 7.92. The largest absolute Gasteiger partial charge is 0.495 e. The van der Waals surface area contributed by atoms with Gasteiger partial charge in [0, 0.05) is 31.7 Å². The van der Waals surface area contributed by atoms with E-state index in [0.29, 0.717) is 28.6 Å². The average Bonchev–Trinajstić information content (AvgIpc) is 3.39. The molecule has 0 bridgehead atoms. The number of fused-ring (bicyclic) bond motifs is 1. The highest BCUT2D eigenvalue weighted by atomic mass is 32.2. The maximum atomic E-state index is 13.2. The normalized spacial score (nSPS) is 12.1. The number of nitrogens with zero attached hydrogens (tertiary/aromatic N) is 6. The zero-order valence-electron chi connectivity index (χ0n) is 19.5. The second-order valence-electron chi connectivity index (χ2n) is 8.58. The lowest BCUT2D eigenvalue weighted by molar-refractivity contribution is 0.0940. The standard InChI is InChI=1S/C22H25N7O4S/c1-22(2,3)34(31,32)18-13-29-16(11-25-20(29)10-17(18)33-5)14-9-15(28(4)27-14)21(30)26-12-19-23-7-6-8-24-19/h6-11,13H,12H2,1-5H3,(H,26,30). The third kappa shape index (κ3) is 4.12. The van der Waals surface area contributed by atoms with Crippen molar-refractivity contribution in [1.82, 2.24) is 34.4 Å². The number of methoxy groups -OCH3 is 1. The summed E-state index contributed by atoms with van der Waals surface area (Å²) in [6.45, 7) is 5.06. The van der Waals surface area contributed by atoms with Gasteiger partial charge >= 0.3 is 0 Å². The molecule has 4 aromatic rings. The fourth-order valence-electron chi connectivity index (χ4n) is 3.34. The van der Waals surface area contributed by atoms with Crippen LogP contribution in [0.25, 0.3) is 17.0 Å². The molecule has 4 rings (SSSR count). The first-order valence-electron chi connectivity index (χ1n) is 10.4. The number of hydrogen-bond donors (Lipinski definition) is 1. The molecule has 34 heavy (non-hydrogen) atoms. The number of nitrogens with one attached hydrogen (secondary N) is 1. The van der Waals surface area contributed by atoms with Crippen LogP contribution >= 0.6 is 0 Å². The number of imidazole rings is 1. The van der Waals surface area contributed by atoms with Crippen LogP contribution in [0.15, 0.2) is 47.9 Å². The van der Waals surface area contributed by atoms with Crippen LogP contribution in [0.3, 0.4) is 0 Å². The Hall–Kier alpha value is -3.80. The molecule has 0 unspecified atom stereocenters. The molecule has 0 aliphatic heterocycles. The highest BCUT2D eigenvalue weighted by Crippen LogP contribution is 2.34. The lowest BCUT2D eigenvalue weighted by atomic mass is 10.3. The quantitative estimate of drug-likeness (QED) is 0.440. The Morgan fingerprint density at radius 1 is 1.15 bits per heavy atom. The Morgan fingerprint density at radius 3 is 2.50 bits per heavy atom. The summed E-state index contributed by atoms with van der Waals surface area (Å²) in [6, 6.07) is 4.88. The molecule has 12 heteroatoms. The van der Waals surface area contributed by atoms with E-state index in [4.69, 9.17) is 4.74 Å². The van der Waals surface area contributed by atoms with Gasteiger partial charge in [-0.05, 0) is 32.9 Å². The maximum Gasteiger partial charge on any atom is 0.269 e. The highest BCUT2D eigenvalue weighted by Gasteiger charge is 2.34. The van der Waals surface area contributed by atoms with Crippen molar-refractivity contribution < 1.29 is 17.9 Å². The number of hydrogen-bond acceptors (Lipinski definition) is 8. The smallest absolute Gasteiger partial charge is 0.269 e. The Morgan fingerprint density at radius 2 is 1.85 bits per heavy atom. The van der Waals surface area contributed by atoms with Crippen LogP contribution in [0.5, 0.6) is 5.75 Å². The molecule has 1 N–H and O–H groups in total. The molecule has 0 saturated heterocycles. The van der Waals surface area contributed by atoms with E-state index in [0.717, 1.165) is 0 Å². The molecule has 0 aliphatic rings. The molecule has 0 atom stereocenters. The van der Waals surface area contributed by atoms with Crippen molar-refractivity contribution in [1.29, 1.82) is 0 Å². The van der Waals surface area contributed by atoms with Gasteiger partial charge < -0.3 is 10.1 Å². The Balaban J connectivity index is 1.72. The van der Waals surface area contributed by atoms with Crippen LogP contribution in [-0.2, 0) is 23.4 Å². The van der Waals surface area contributed by atoms with E-state index in [2.05, 4.69) is 25.4 Å². The second kappa shape index (κ2) is 8.52. The van der Waals surface area contributed by atoms with Crippen molar-refractivity contribution in [3.05, 3.63) is 54.5 Å². The molecular weight excluding hydrogens is 458 g/mol. The van der Waals surface area contributed by atoms with Crippen LogP contribution in [0, 0.1) is 0 Å². The zero-order chi connectivity index (χ0) is 24.7. The zero-order valence-corrected chi connectivity index (χ0v) is 20.3. The number of carbonyl (C=O) groups excluding carboxylic acids is 1. The Labute approximate surface area is 196 Å². The molecule has 11 nitrogen and oxygen atoms in total. The first kappa shape index (κ1) is 23.4. The molecule has 4 aromatic heterocycles.